The Morgan fingerprint density at radius 1 is 1.67 bits per heavy atom. The first-order valence-corrected chi connectivity index (χ1v) is 4.55. The number of rotatable bonds is 4. The Kier molecular flexibility index (Phi) is 3.56. The molecule has 1 rings (SSSR count). The molecular formula is C9H13N3O3. The number of pyridine rings is 1. The highest BCUT2D eigenvalue weighted by Gasteiger charge is 2.20. The lowest BCUT2D eigenvalue weighted by molar-refractivity contribution is -0.386. The molecule has 0 spiro atoms. The van der Waals surface area contributed by atoms with Gasteiger partial charge < -0.3 is 10.5 Å². The monoisotopic (exact) mass is 211 g/mol. The van der Waals surface area contributed by atoms with Gasteiger partial charge in [-0.05, 0) is 6.42 Å². The third kappa shape index (κ3) is 2.41. The highest BCUT2D eigenvalue weighted by Crippen LogP contribution is 2.25. The standard InChI is InChI=1S/C9H13N3O3/c1-3-6(10)9-7(12(13)14)4-5-8(11-9)15-2/h4-6H,3,10H2,1-2H3. The minimum absolute atomic E-state index is 0.0647. The van der Waals surface area contributed by atoms with E-state index in [-0.39, 0.29) is 11.4 Å². The summed E-state index contributed by atoms with van der Waals surface area (Å²) in [5.74, 6) is 0.333. The number of hydrogen-bond acceptors (Lipinski definition) is 5. The number of nitro groups is 1. The summed E-state index contributed by atoms with van der Waals surface area (Å²) in [6.45, 7) is 1.84. The Hall–Kier alpha value is -1.69. The second-order valence-corrected chi connectivity index (χ2v) is 3.03. The van der Waals surface area contributed by atoms with Gasteiger partial charge in [-0.2, -0.15) is 0 Å². The average molecular weight is 211 g/mol. The molecule has 6 nitrogen and oxygen atoms in total. The van der Waals surface area contributed by atoms with E-state index in [1.165, 1.54) is 19.2 Å². The molecule has 0 saturated heterocycles. The van der Waals surface area contributed by atoms with Crippen molar-refractivity contribution in [3.63, 3.8) is 0 Å². The van der Waals surface area contributed by atoms with Crippen LogP contribution < -0.4 is 10.5 Å². The summed E-state index contributed by atoms with van der Waals surface area (Å²) in [5.41, 5.74) is 5.93. The van der Waals surface area contributed by atoms with Gasteiger partial charge in [0.25, 0.3) is 5.69 Å². The number of ether oxygens (including phenoxy) is 1. The molecule has 0 amide bonds. The number of aromatic nitrogens is 1. The number of methoxy groups -OCH3 is 1. The Balaban J connectivity index is 3.22. The lowest BCUT2D eigenvalue weighted by atomic mass is 10.1. The van der Waals surface area contributed by atoms with Gasteiger partial charge in [0, 0.05) is 12.1 Å². The molecule has 0 aliphatic carbocycles. The fourth-order valence-electron chi connectivity index (χ4n) is 1.18. The van der Waals surface area contributed by atoms with Crippen LogP contribution in [0.1, 0.15) is 25.1 Å². The van der Waals surface area contributed by atoms with Crippen LogP contribution in [0.25, 0.3) is 0 Å². The van der Waals surface area contributed by atoms with Gasteiger partial charge in [0.2, 0.25) is 5.88 Å². The van der Waals surface area contributed by atoms with Crippen LogP contribution in [0, 0.1) is 10.1 Å². The minimum Gasteiger partial charge on any atom is -0.481 e. The SMILES string of the molecule is CCC(N)c1nc(OC)ccc1[N+](=O)[O-]. The van der Waals surface area contributed by atoms with Crippen LogP contribution in [0.15, 0.2) is 12.1 Å². The normalized spacial score (nSPS) is 12.2. The van der Waals surface area contributed by atoms with Crippen LogP contribution in [0.4, 0.5) is 5.69 Å². The predicted octanol–water partition coefficient (Wildman–Crippen LogP) is 1.41. The molecule has 6 heteroatoms. The van der Waals surface area contributed by atoms with E-state index in [0.717, 1.165) is 0 Å². The van der Waals surface area contributed by atoms with Crippen LogP contribution in [-0.4, -0.2) is 17.0 Å². The van der Waals surface area contributed by atoms with Crippen molar-refractivity contribution in [3.8, 4) is 5.88 Å². The van der Waals surface area contributed by atoms with Gasteiger partial charge in [-0.15, -0.1) is 0 Å². The molecule has 0 fully saturated rings. The van der Waals surface area contributed by atoms with Gasteiger partial charge in [0.05, 0.1) is 18.1 Å². The smallest absolute Gasteiger partial charge is 0.292 e. The summed E-state index contributed by atoms with van der Waals surface area (Å²) in [4.78, 5) is 14.2. The molecule has 2 N–H and O–H groups in total. The molecule has 1 aromatic heterocycles. The predicted molar refractivity (Wildman–Crippen MR) is 54.7 cm³/mol. The maximum atomic E-state index is 10.7. The average Bonchev–Trinajstić information content (AvgIpc) is 2.26. The topological polar surface area (TPSA) is 91.3 Å². The lowest BCUT2D eigenvalue weighted by Gasteiger charge is -2.09. The minimum atomic E-state index is -0.489. The van der Waals surface area contributed by atoms with E-state index in [1.54, 1.807) is 0 Å². The van der Waals surface area contributed by atoms with Crippen molar-refractivity contribution in [2.75, 3.05) is 7.11 Å². The summed E-state index contributed by atoms with van der Waals surface area (Å²) in [6.07, 6.45) is 0.584. The zero-order valence-electron chi connectivity index (χ0n) is 8.64. The quantitative estimate of drug-likeness (QED) is 0.600. The van der Waals surface area contributed by atoms with E-state index >= 15 is 0 Å². The van der Waals surface area contributed by atoms with Crippen molar-refractivity contribution < 1.29 is 9.66 Å². The number of hydrogen-bond donors (Lipinski definition) is 1. The molecule has 82 valence electrons. The zero-order chi connectivity index (χ0) is 11.4. The van der Waals surface area contributed by atoms with Crippen LogP contribution in [0.3, 0.4) is 0 Å². The molecule has 1 unspecified atom stereocenters. The van der Waals surface area contributed by atoms with Gasteiger partial charge in [-0.25, -0.2) is 4.98 Å². The van der Waals surface area contributed by atoms with Gasteiger partial charge in [0.15, 0.2) is 0 Å². The summed E-state index contributed by atoms with van der Waals surface area (Å²) >= 11 is 0. The fraction of sp³-hybridized carbons (Fsp3) is 0.444. The van der Waals surface area contributed by atoms with E-state index in [4.69, 9.17) is 10.5 Å². The van der Waals surface area contributed by atoms with Crippen LogP contribution in [0.2, 0.25) is 0 Å². The molecule has 0 aliphatic rings. The van der Waals surface area contributed by atoms with Crippen molar-refractivity contribution in [2.24, 2.45) is 5.73 Å². The molecule has 0 bridgehead atoms. The van der Waals surface area contributed by atoms with Gasteiger partial charge in [0.1, 0.15) is 5.69 Å². The molecule has 0 radical (unpaired) electrons. The first-order chi connectivity index (χ1) is 7.10. The van der Waals surface area contributed by atoms with Crippen molar-refractivity contribution >= 4 is 5.69 Å². The van der Waals surface area contributed by atoms with E-state index in [9.17, 15) is 10.1 Å². The van der Waals surface area contributed by atoms with Gasteiger partial charge >= 0.3 is 0 Å². The van der Waals surface area contributed by atoms with Gasteiger partial charge in [-0.3, -0.25) is 10.1 Å². The van der Waals surface area contributed by atoms with E-state index in [2.05, 4.69) is 4.98 Å². The molecular weight excluding hydrogens is 198 g/mol. The molecule has 1 aromatic rings. The van der Waals surface area contributed by atoms with E-state index in [0.29, 0.717) is 12.3 Å². The second kappa shape index (κ2) is 4.70. The summed E-state index contributed by atoms with van der Waals surface area (Å²) in [5, 5.41) is 10.7. The number of nitrogens with two attached hydrogens (primary N) is 1. The lowest BCUT2D eigenvalue weighted by Crippen LogP contribution is -2.13. The first kappa shape index (κ1) is 11.4. The Labute approximate surface area is 87.2 Å². The molecule has 1 atom stereocenters. The largest absolute Gasteiger partial charge is 0.481 e. The maximum Gasteiger partial charge on any atom is 0.292 e. The third-order valence-corrected chi connectivity index (χ3v) is 2.07. The fourth-order valence-corrected chi connectivity index (χ4v) is 1.18. The third-order valence-electron chi connectivity index (χ3n) is 2.07. The highest BCUT2D eigenvalue weighted by atomic mass is 16.6. The summed E-state index contributed by atoms with van der Waals surface area (Å²) < 4.78 is 4.89. The van der Waals surface area contributed by atoms with E-state index < -0.39 is 11.0 Å². The van der Waals surface area contributed by atoms with Crippen LogP contribution in [-0.2, 0) is 0 Å². The van der Waals surface area contributed by atoms with E-state index in [1.807, 2.05) is 6.92 Å². The number of nitrogens with zero attached hydrogens (tertiary/aromatic N) is 2. The Morgan fingerprint density at radius 3 is 2.80 bits per heavy atom. The van der Waals surface area contributed by atoms with Crippen LogP contribution in [0.5, 0.6) is 5.88 Å². The summed E-state index contributed by atoms with van der Waals surface area (Å²) in [7, 11) is 1.45. The van der Waals surface area contributed by atoms with Gasteiger partial charge in [-0.1, -0.05) is 6.92 Å². The van der Waals surface area contributed by atoms with Crippen molar-refractivity contribution in [1.29, 1.82) is 0 Å². The maximum absolute atomic E-state index is 10.7. The second-order valence-electron chi connectivity index (χ2n) is 3.03. The molecule has 15 heavy (non-hydrogen) atoms. The zero-order valence-corrected chi connectivity index (χ0v) is 8.64. The van der Waals surface area contributed by atoms with Crippen LogP contribution >= 0.6 is 0 Å². The Morgan fingerprint density at radius 2 is 2.33 bits per heavy atom. The molecule has 1 heterocycles. The van der Waals surface area contributed by atoms with Crippen molar-refractivity contribution in [1.82, 2.24) is 4.98 Å². The van der Waals surface area contributed by atoms with Crippen molar-refractivity contribution in [3.05, 3.63) is 27.9 Å². The van der Waals surface area contributed by atoms with Crippen molar-refractivity contribution in [2.45, 2.75) is 19.4 Å². The molecule has 0 aliphatic heterocycles. The Bertz CT molecular complexity index is 368. The summed E-state index contributed by atoms with van der Waals surface area (Å²) in [6, 6.07) is 2.36. The molecule has 0 aromatic carbocycles. The first-order valence-electron chi connectivity index (χ1n) is 4.55. The molecule has 0 saturated carbocycles. The highest BCUT2D eigenvalue weighted by molar-refractivity contribution is 5.39.